The van der Waals surface area contributed by atoms with Crippen LogP contribution in [0.15, 0.2) is 5.38 Å². The summed E-state index contributed by atoms with van der Waals surface area (Å²) in [6, 6.07) is 2.17. The van der Waals surface area contributed by atoms with Gasteiger partial charge in [-0.1, -0.05) is 0 Å². The summed E-state index contributed by atoms with van der Waals surface area (Å²) in [5.41, 5.74) is -0.425. The molecule has 0 saturated heterocycles. The van der Waals surface area contributed by atoms with Crippen LogP contribution in [0.3, 0.4) is 0 Å². The highest BCUT2D eigenvalue weighted by Gasteiger charge is 2.34. The van der Waals surface area contributed by atoms with Crippen molar-refractivity contribution in [2.75, 3.05) is 13.1 Å². The molecule has 0 bridgehead atoms. The number of nitriles is 1. The third kappa shape index (κ3) is 4.92. The summed E-state index contributed by atoms with van der Waals surface area (Å²) in [6.45, 7) is 8.45. The third-order valence-corrected chi connectivity index (χ3v) is 4.94. The van der Waals surface area contributed by atoms with E-state index in [9.17, 15) is 9.18 Å². The van der Waals surface area contributed by atoms with E-state index in [1.165, 1.54) is 11.3 Å². The summed E-state index contributed by atoms with van der Waals surface area (Å²) in [4.78, 5) is 14.5. The Morgan fingerprint density at radius 2 is 2.25 bits per heavy atom. The monoisotopic (exact) mass is 353 g/mol. The standard InChI is InChI=1S/C17H24FN3O2S/c1-11(15-14(18)12(9-19)10-24-15)21(13-5-6-13)8-7-20-16(22)23-17(2,3)4/h10-11,13H,5-8H2,1-4H3,(H,20,22). The van der Waals surface area contributed by atoms with Crippen molar-refractivity contribution in [3.63, 3.8) is 0 Å². The van der Waals surface area contributed by atoms with Gasteiger partial charge in [-0.3, -0.25) is 4.90 Å². The van der Waals surface area contributed by atoms with Crippen molar-refractivity contribution in [1.29, 1.82) is 5.26 Å². The summed E-state index contributed by atoms with van der Waals surface area (Å²) in [5.74, 6) is -0.416. The number of amides is 1. The molecule has 0 radical (unpaired) electrons. The first-order valence-electron chi connectivity index (χ1n) is 8.12. The van der Waals surface area contributed by atoms with E-state index in [1.807, 2.05) is 33.8 Å². The van der Waals surface area contributed by atoms with Gasteiger partial charge >= 0.3 is 6.09 Å². The Labute approximate surface area is 146 Å². The molecule has 1 aromatic rings. The molecular formula is C17H24FN3O2S. The number of rotatable bonds is 6. The molecule has 2 rings (SSSR count). The van der Waals surface area contributed by atoms with Gasteiger partial charge in [0.25, 0.3) is 0 Å². The van der Waals surface area contributed by atoms with Crippen LogP contribution < -0.4 is 5.32 Å². The summed E-state index contributed by atoms with van der Waals surface area (Å²) < 4.78 is 19.5. The van der Waals surface area contributed by atoms with E-state index in [1.54, 1.807) is 5.38 Å². The van der Waals surface area contributed by atoms with Gasteiger partial charge in [-0.25, -0.2) is 9.18 Å². The predicted octanol–water partition coefficient (Wildman–Crippen LogP) is 3.81. The van der Waals surface area contributed by atoms with Gasteiger partial charge in [0, 0.05) is 30.6 Å². The molecule has 1 fully saturated rings. The molecule has 1 atom stereocenters. The number of thiophene rings is 1. The molecule has 1 heterocycles. The molecule has 24 heavy (non-hydrogen) atoms. The summed E-state index contributed by atoms with van der Waals surface area (Å²) >= 11 is 1.28. The van der Waals surface area contributed by atoms with Crippen LogP contribution in [0.4, 0.5) is 9.18 Å². The quantitative estimate of drug-likeness (QED) is 0.844. The van der Waals surface area contributed by atoms with Crippen molar-refractivity contribution in [3.05, 3.63) is 21.6 Å². The molecule has 132 valence electrons. The normalized spacial score (nSPS) is 15.9. The van der Waals surface area contributed by atoms with E-state index in [0.29, 0.717) is 24.0 Å². The fraction of sp³-hybridized carbons (Fsp3) is 0.647. The molecule has 0 aromatic carbocycles. The zero-order valence-electron chi connectivity index (χ0n) is 14.6. The summed E-state index contributed by atoms with van der Waals surface area (Å²) in [5, 5.41) is 13.2. The van der Waals surface area contributed by atoms with E-state index in [2.05, 4.69) is 10.2 Å². The molecule has 1 aromatic heterocycles. The fourth-order valence-corrected chi connectivity index (χ4v) is 3.51. The maximum absolute atomic E-state index is 14.2. The third-order valence-electron chi connectivity index (χ3n) is 3.81. The number of nitrogens with zero attached hydrogens (tertiary/aromatic N) is 2. The molecule has 1 amide bonds. The molecule has 1 unspecified atom stereocenters. The molecule has 1 N–H and O–H groups in total. The Bertz CT molecular complexity index is 629. The Balaban J connectivity index is 1.94. The number of hydrogen-bond donors (Lipinski definition) is 1. The number of carbonyl (C=O) groups excluding carboxylic acids is 1. The van der Waals surface area contributed by atoms with Gasteiger partial charge in [-0.15, -0.1) is 11.3 Å². The molecule has 1 aliphatic carbocycles. The van der Waals surface area contributed by atoms with E-state index in [0.717, 1.165) is 12.8 Å². The second-order valence-corrected chi connectivity index (χ2v) is 7.92. The van der Waals surface area contributed by atoms with Gasteiger partial charge in [0.05, 0.1) is 10.4 Å². The zero-order chi connectivity index (χ0) is 17.9. The number of halogens is 1. The SMILES string of the molecule is CC(c1scc(C#N)c1F)N(CCNC(=O)OC(C)(C)C)C1CC1. The molecule has 7 heteroatoms. The van der Waals surface area contributed by atoms with Crippen LogP contribution in [0.5, 0.6) is 0 Å². The van der Waals surface area contributed by atoms with Crippen molar-refractivity contribution in [3.8, 4) is 6.07 Å². The average molecular weight is 353 g/mol. The number of ether oxygens (including phenoxy) is 1. The van der Waals surface area contributed by atoms with Crippen molar-refractivity contribution >= 4 is 17.4 Å². The van der Waals surface area contributed by atoms with E-state index in [4.69, 9.17) is 10.00 Å². The molecular weight excluding hydrogens is 329 g/mol. The minimum absolute atomic E-state index is 0.101. The van der Waals surface area contributed by atoms with Crippen LogP contribution in [0.1, 0.15) is 57.0 Å². The molecule has 1 saturated carbocycles. The average Bonchev–Trinajstić information content (AvgIpc) is 3.24. The number of alkyl carbamates (subject to hydrolysis) is 1. The molecule has 5 nitrogen and oxygen atoms in total. The maximum Gasteiger partial charge on any atom is 0.407 e. The van der Waals surface area contributed by atoms with Crippen LogP contribution in [0.2, 0.25) is 0 Å². The van der Waals surface area contributed by atoms with Gasteiger partial charge < -0.3 is 10.1 Å². The largest absolute Gasteiger partial charge is 0.444 e. The smallest absolute Gasteiger partial charge is 0.407 e. The van der Waals surface area contributed by atoms with Gasteiger partial charge in [-0.2, -0.15) is 5.26 Å². The minimum atomic E-state index is -0.526. The summed E-state index contributed by atoms with van der Waals surface area (Å²) in [7, 11) is 0. The van der Waals surface area contributed by atoms with Crippen LogP contribution in [0.25, 0.3) is 0 Å². The van der Waals surface area contributed by atoms with Crippen LogP contribution in [-0.2, 0) is 4.74 Å². The van der Waals surface area contributed by atoms with Crippen molar-refractivity contribution < 1.29 is 13.9 Å². The lowest BCUT2D eigenvalue weighted by Gasteiger charge is -2.29. The second kappa shape index (κ2) is 7.49. The number of hydrogen-bond acceptors (Lipinski definition) is 5. The van der Waals surface area contributed by atoms with Crippen molar-refractivity contribution in [1.82, 2.24) is 10.2 Å². The van der Waals surface area contributed by atoms with Gasteiger partial charge in [-0.05, 0) is 40.5 Å². The van der Waals surface area contributed by atoms with Crippen LogP contribution >= 0.6 is 11.3 Å². The molecule has 1 aliphatic rings. The van der Waals surface area contributed by atoms with Gasteiger partial charge in [0.1, 0.15) is 11.7 Å². The molecule has 0 spiro atoms. The highest BCUT2D eigenvalue weighted by Crippen LogP contribution is 2.37. The second-order valence-electron chi connectivity index (χ2n) is 7.01. The fourth-order valence-electron chi connectivity index (χ4n) is 2.57. The number of carbonyl (C=O) groups is 1. The van der Waals surface area contributed by atoms with Crippen LogP contribution in [-0.4, -0.2) is 35.7 Å². The zero-order valence-corrected chi connectivity index (χ0v) is 15.4. The Kier molecular flexibility index (Phi) is 5.83. The van der Waals surface area contributed by atoms with E-state index < -0.39 is 17.5 Å². The lowest BCUT2D eigenvalue weighted by atomic mass is 10.2. The van der Waals surface area contributed by atoms with E-state index in [-0.39, 0.29) is 11.6 Å². The summed E-state index contributed by atoms with van der Waals surface area (Å²) in [6.07, 6.45) is 1.71. The maximum atomic E-state index is 14.2. The predicted molar refractivity (Wildman–Crippen MR) is 91.4 cm³/mol. The number of nitrogens with one attached hydrogen (secondary N) is 1. The molecule has 0 aliphatic heterocycles. The Morgan fingerprint density at radius 1 is 1.58 bits per heavy atom. The first-order chi connectivity index (χ1) is 11.2. The topological polar surface area (TPSA) is 65.4 Å². The first-order valence-corrected chi connectivity index (χ1v) is 9.00. The lowest BCUT2D eigenvalue weighted by molar-refractivity contribution is 0.0517. The van der Waals surface area contributed by atoms with E-state index >= 15 is 0 Å². The lowest BCUT2D eigenvalue weighted by Crippen LogP contribution is -2.39. The van der Waals surface area contributed by atoms with Gasteiger partial charge in [0.2, 0.25) is 0 Å². The minimum Gasteiger partial charge on any atom is -0.444 e. The Hall–Kier alpha value is -1.65. The van der Waals surface area contributed by atoms with Crippen molar-refractivity contribution in [2.45, 2.75) is 58.2 Å². The Morgan fingerprint density at radius 3 is 2.75 bits per heavy atom. The van der Waals surface area contributed by atoms with Gasteiger partial charge in [0.15, 0.2) is 5.82 Å². The highest BCUT2D eigenvalue weighted by atomic mass is 32.1. The highest BCUT2D eigenvalue weighted by molar-refractivity contribution is 7.10. The van der Waals surface area contributed by atoms with Crippen molar-refractivity contribution in [2.24, 2.45) is 0 Å². The van der Waals surface area contributed by atoms with Crippen LogP contribution in [0, 0.1) is 17.1 Å². The first kappa shape index (κ1) is 18.7.